The molecular weight excluding hydrogens is 246 g/mol. The van der Waals surface area contributed by atoms with Crippen molar-refractivity contribution in [3.63, 3.8) is 0 Å². The van der Waals surface area contributed by atoms with Crippen LogP contribution in [0, 0.1) is 6.92 Å². The van der Waals surface area contributed by atoms with Crippen LogP contribution in [0.4, 0.5) is 0 Å². The Kier molecular flexibility index (Phi) is 7.78. The molecule has 1 rings (SSSR count). The summed E-state index contributed by atoms with van der Waals surface area (Å²) < 4.78 is 0. The van der Waals surface area contributed by atoms with Gasteiger partial charge in [-0.15, -0.1) is 0 Å². The van der Waals surface area contributed by atoms with Crippen molar-refractivity contribution < 1.29 is 0 Å². The summed E-state index contributed by atoms with van der Waals surface area (Å²) in [6.45, 7) is 14.2. The normalized spacial score (nSPS) is 14.5. The third-order valence-electron chi connectivity index (χ3n) is 3.78. The summed E-state index contributed by atoms with van der Waals surface area (Å²) in [4.78, 5) is 7.12. The molecule has 0 fully saturated rings. The van der Waals surface area contributed by atoms with Crippen LogP contribution in [0.1, 0.15) is 51.9 Å². The second kappa shape index (κ2) is 9.09. The van der Waals surface area contributed by atoms with Crippen LogP contribution in [0.15, 0.2) is 18.2 Å². The molecule has 20 heavy (non-hydrogen) atoms. The minimum absolute atomic E-state index is 0.571. The largest absolute Gasteiger partial charge is 0.314 e. The van der Waals surface area contributed by atoms with Gasteiger partial charge in [0, 0.05) is 24.3 Å². The van der Waals surface area contributed by atoms with Gasteiger partial charge in [-0.1, -0.05) is 19.9 Å². The average molecular weight is 277 g/mol. The SMILES string of the molecule is CCCNC(C)CC(C)N(CC)Cc1cccc(C)n1. The summed E-state index contributed by atoms with van der Waals surface area (Å²) in [5.74, 6) is 0. The van der Waals surface area contributed by atoms with Crippen LogP contribution < -0.4 is 5.32 Å². The van der Waals surface area contributed by atoms with E-state index in [1.807, 2.05) is 0 Å². The lowest BCUT2D eigenvalue weighted by Gasteiger charge is -2.30. The highest BCUT2D eigenvalue weighted by atomic mass is 15.2. The van der Waals surface area contributed by atoms with Crippen LogP contribution in [0.3, 0.4) is 0 Å². The summed E-state index contributed by atoms with van der Waals surface area (Å²) in [5.41, 5.74) is 2.28. The topological polar surface area (TPSA) is 28.2 Å². The molecule has 0 amide bonds. The van der Waals surface area contributed by atoms with Crippen molar-refractivity contribution in [3.8, 4) is 0 Å². The Morgan fingerprint density at radius 3 is 2.60 bits per heavy atom. The van der Waals surface area contributed by atoms with Gasteiger partial charge in [0.15, 0.2) is 0 Å². The number of aryl methyl sites for hydroxylation is 1. The highest BCUT2D eigenvalue weighted by Crippen LogP contribution is 2.11. The van der Waals surface area contributed by atoms with Gasteiger partial charge in [0.1, 0.15) is 0 Å². The summed E-state index contributed by atoms with van der Waals surface area (Å²) >= 11 is 0. The van der Waals surface area contributed by atoms with Crippen molar-refractivity contribution in [2.24, 2.45) is 0 Å². The summed E-state index contributed by atoms with van der Waals surface area (Å²) in [6, 6.07) is 7.43. The number of nitrogens with one attached hydrogen (secondary N) is 1. The van der Waals surface area contributed by atoms with Crippen LogP contribution in [-0.2, 0) is 6.54 Å². The van der Waals surface area contributed by atoms with Gasteiger partial charge in [-0.2, -0.15) is 0 Å². The Morgan fingerprint density at radius 1 is 1.25 bits per heavy atom. The lowest BCUT2D eigenvalue weighted by molar-refractivity contribution is 0.187. The van der Waals surface area contributed by atoms with E-state index in [0.29, 0.717) is 12.1 Å². The van der Waals surface area contributed by atoms with E-state index in [4.69, 9.17) is 0 Å². The van der Waals surface area contributed by atoms with Crippen molar-refractivity contribution in [2.45, 2.75) is 66.1 Å². The highest BCUT2D eigenvalue weighted by molar-refractivity contribution is 5.09. The maximum Gasteiger partial charge on any atom is 0.0547 e. The maximum absolute atomic E-state index is 4.61. The molecule has 0 aliphatic rings. The van der Waals surface area contributed by atoms with Crippen LogP contribution in [-0.4, -0.2) is 35.1 Å². The van der Waals surface area contributed by atoms with Crippen molar-refractivity contribution in [3.05, 3.63) is 29.6 Å². The van der Waals surface area contributed by atoms with Gasteiger partial charge in [0.25, 0.3) is 0 Å². The first-order valence-corrected chi connectivity index (χ1v) is 7.96. The molecule has 0 aliphatic carbocycles. The smallest absolute Gasteiger partial charge is 0.0547 e. The molecule has 0 bridgehead atoms. The lowest BCUT2D eigenvalue weighted by Crippen LogP contribution is -2.38. The van der Waals surface area contributed by atoms with Gasteiger partial charge in [0.05, 0.1) is 5.69 Å². The van der Waals surface area contributed by atoms with Crippen LogP contribution in [0.25, 0.3) is 0 Å². The molecule has 3 nitrogen and oxygen atoms in total. The number of pyridine rings is 1. The second-order valence-corrected chi connectivity index (χ2v) is 5.77. The molecule has 1 heterocycles. The van der Waals surface area contributed by atoms with Crippen LogP contribution >= 0.6 is 0 Å². The van der Waals surface area contributed by atoms with Crippen molar-refractivity contribution in [1.29, 1.82) is 0 Å². The summed E-state index contributed by atoms with van der Waals surface area (Å²) in [7, 11) is 0. The fourth-order valence-electron chi connectivity index (χ4n) is 2.61. The molecule has 1 N–H and O–H groups in total. The minimum Gasteiger partial charge on any atom is -0.314 e. The molecular formula is C17H31N3. The predicted octanol–water partition coefficient (Wildman–Crippen LogP) is 3.38. The van der Waals surface area contributed by atoms with Crippen molar-refractivity contribution >= 4 is 0 Å². The van der Waals surface area contributed by atoms with E-state index in [1.54, 1.807) is 0 Å². The number of rotatable bonds is 9. The zero-order valence-electron chi connectivity index (χ0n) is 13.8. The molecule has 0 aromatic carbocycles. The van der Waals surface area contributed by atoms with Gasteiger partial charge in [0.2, 0.25) is 0 Å². The van der Waals surface area contributed by atoms with Crippen LogP contribution in [0.5, 0.6) is 0 Å². The first-order valence-electron chi connectivity index (χ1n) is 7.96. The Hall–Kier alpha value is -0.930. The fourth-order valence-corrected chi connectivity index (χ4v) is 2.61. The monoisotopic (exact) mass is 277 g/mol. The van der Waals surface area contributed by atoms with E-state index >= 15 is 0 Å². The Labute approximate surface area is 124 Å². The molecule has 1 aromatic rings. The molecule has 3 heteroatoms. The average Bonchev–Trinajstić information content (AvgIpc) is 2.42. The first-order chi connectivity index (χ1) is 9.56. The van der Waals surface area contributed by atoms with Gasteiger partial charge in [-0.3, -0.25) is 9.88 Å². The molecule has 0 aliphatic heterocycles. The Morgan fingerprint density at radius 2 is 2.00 bits per heavy atom. The van der Waals surface area contributed by atoms with Crippen LogP contribution in [0.2, 0.25) is 0 Å². The van der Waals surface area contributed by atoms with Gasteiger partial charge in [-0.25, -0.2) is 0 Å². The Balaban J connectivity index is 2.52. The third kappa shape index (κ3) is 6.02. The molecule has 0 saturated heterocycles. The van der Waals surface area contributed by atoms with E-state index in [0.717, 1.165) is 25.3 Å². The lowest BCUT2D eigenvalue weighted by atomic mass is 10.1. The number of aromatic nitrogens is 1. The standard InChI is InChI=1S/C17H31N3/c1-6-11-18-15(4)12-16(5)20(7-2)13-17-10-8-9-14(3)19-17/h8-10,15-16,18H,6-7,11-13H2,1-5H3. The van der Waals surface area contributed by atoms with E-state index < -0.39 is 0 Å². The molecule has 0 radical (unpaired) electrons. The van der Waals surface area contributed by atoms with Gasteiger partial charge in [-0.05, 0) is 58.8 Å². The summed E-state index contributed by atoms with van der Waals surface area (Å²) in [5, 5.41) is 3.57. The van der Waals surface area contributed by atoms with E-state index in [2.05, 4.69) is 68.0 Å². The third-order valence-corrected chi connectivity index (χ3v) is 3.78. The number of hydrogen-bond acceptors (Lipinski definition) is 3. The van der Waals surface area contributed by atoms with Crippen molar-refractivity contribution in [1.82, 2.24) is 15.2 Å². The quantitative estimate of drug-likeness (QED) is 0.750. The minimum atomic E-state index is 0.571. The van der Waals surface area contributed by atoms with E-state index in [1.165, 1.54) is 18.5 Å². The van der Waals surface area contributed by atoms with E-state index in [9.17, 15) is 0 Å². The van der Waals surface area contributed by atoms with Crippen molar-refractivity contribution in [2.75, 3.05) is 13.1 Å². The molecule has 0 saturated carbocycles. The zero-order chi connectivity index (χ0) is 15.0. The molecule has 1 aromatic heterocycles. The number of hydrogen-bond donors (Lipinski definition) is 1. The van der Waals surface area contributed by atoms with E-state index in [-0.39, 0.29) is 0 Å². The molecule has 0 spiro atoms. The van der Waals surface area contributed by atoms with Gasteiger partial charge >= 0.3 is 0 Å². The highest BCUT2D eigenvalue weighted by Gasteiger charge is 2.15. The van der Waals surface area contributed by atoms with Gasteiger partial charge < -0.3 is 5.32 Å². The fraction of sp³-hybridized carbons (Fsp3) is 0.706. The molecule has 2 atom stereocenters. The summed E-state index contributed by atoms with van der Waals surface area (Å²) in [6.07, 6.45) is 2.38. The first kappa shape index (κ1) is 17.1. The molecule has 114 valence electrons. The Bertz CT molecular complexity index is 378. The molecule has 2 unspecified atom stereocenters. The second-order valence-electron chi connectivity index (χ2n) is 5.77. The maximum atomic E-state index is 4.61. The predicted molar refractivity (Wildman–Crippen MR) is 86.9 cm³/mol. The number of nitrogens with zero attached hydrogens (tertiary/aromatic N) is 2. The zero-order valence-corrected chi connectivity index (χ0v) is 13.8.